The van der Waals surface area contributed by atoms with Crippen molar-refractivity contribution < 1.29 is 4.79 Å². The summed E-state index contributed by atoms with van der Waals surface area (Å²) >= 11 is 13.1. The molecule has 0 aliphatic heterocycles. The monoisotopic (exact) mass is 364 g/mol. The van der Waals surface area contributed by atoms with E-state index in [-0.39, 0.29) is 10.7 Å². The standard InChI is InChI=1S/C15H10Cl2N4OS/c1-9(11(17)4-2-3-7-18)19-14(22)21-15-20-12-6-5-10(16)8-13(12)23-15/h2-6,8H,1H2,(H2,19,20,21,22)/b3-2+,11-4+. The number of amides is 2. The molecular formula is C15H10Cl2N4OS. The first-order valence-corrected chi connectivity index (χ1v) is 7.82. The van der Waals surface area contributed by atoms with Crippen LogP contribution in [0.25, 0.3) is 10.2 Å². The molecule has 0 spiro atoms. The van der Waals surface area contributed by atoms with E-state index in [0.29, 0.717) is 10.2 Å². The molecule has 2 amide bonds. The van der Waals surface area contributed by atoms with E-state index in [1.807, 2.05) is 6.07 Å². The number of nitrogens with zero attached hydrogens (tertiary/aromatic N) is 2. The molecule has 0 fully saturated rings. The average Bonchev–Trinajstić information content (AvgIpc) is 2.88. The van der Waals surface area contributed by atoms with Crippen molar-refractivity contribution in [3.8, 4) is 6.07 Å². The van der Waals surface area contributed by atoms with E-state index in [9.17, 15) is 4.79 Å². The summed E-state index contributed by atoms with van der Waals surface area (Å²) in [5, 5.41) is 14.7. The van der Waals surface area contributed by atoms with Crippen LogP contribution in [-0.2, 0) is 0 Å². The topological polar surface area (TPSA) is 77.8 Å². The van der Waals surface area contributed by atoms with Crippen molar-refractivity contribution in [1.29, 1.82) is 5.26 Å². The van der Waals surface area contributed by atoms with Crippen molar-refractivity contribution in [3.05, 3.63) is 58.8 Å². The maximum Gasteiger partial charge on any atom is 0.325 e. The van der Waals surface area contributed by atoms with Crippen LogP contribution in [0.3, 0.4) is 0 Å². The summed E-state index contributed by atoms with van der Waals surface area (Å²) in [6.07, 6.45) is 4.15. The first kappa shape index (κ1) is 17.0. The minimum absolute atomic E-state index is 0.205. The third-order valence-corrected chi connectivity index (χ3v) is 4.06. The maximum absolute atomic E-state index is 11.9. The molecule has 2 N–H and O–H groups in total. The molecule has 5 nitrogen and oxygen atoms in total. The lowest BCUT2D eigenvalue weighted by molar-refractivity contribution is 0.254. The molecule has 0 aliphatic rings. The van der Waals surface area contributed by atoms with E-state index in [2.05, 4.69) is 22.2 Å². The SMILES string of the molecule is C=C(NC(=O)Nc1nc2ccc(Cl)cc2s1)/C(Cl)=C\C=C\C#N. The normalized spacial score (nSPS) is 11.4. The number of thiazole rings is 1. The number of benzene rings is 1. The van der Waals surface area contributed by atoms with Gasteiger partial charge in [0.2, 0.25) is 0 Å². The fourth-order valence-electron chi connectivity index (χ4n) is 1.55. The quantitative estimate of drug-likeness (QED) is 0.604. The van der Waals surface area contributed by atoms with Crippen LogP contribution in [0.1, 0.15) is 0 Å². The van der Waals surface area contributed by atoms with Gasteiger partial charge in [0, 0.05) is 11.1 Å². The summed E-state index contributed by atoms with van der Waals surface area (Å²) in [5.74, 6) is 0. The Morgan fingerprint density at radius 2 is 2.26 bits per heavy atom. The second-order valence-electron chi connectivity index (χ2n) is 4.19. The molecule has 8 heteroatoms. The van der Waals surface area contributed by atoms with Crippen LogP contribution < -0.4 is 10.6 Å². The first-order valence-electron chi connectivity index (χ1n) is 6.25. The minimum atomic E-state index is -0.518. The summed E-state index contributed by atoms with van der Waals surface area (Å²) in [4.78, 5) is 16.2. The van der Waals surface area contributed by atoms with Gasteiger partial charge in [0.25, 0.3) is 0 Å². The summed E-state index contributed by atoms with van der Waals surface area (Å²) < 4.78 is 0.867. The van der Waals surface area contributed by atoms with Gasteiger partial charge in [-0.25, -0.2) is 9.78 Å². The third kappa shape index (κ3) is 4.83. The molecule has 2 rings (SSSR count). The highest BCUT2D eigenvalue weighted by molar-refractivity contribution is 7.22. The number of nitriles is 1. The molecule has 0 aliphatic carbocycles. The highest BCUT2D eigenvalue weighted by Crippen LogP contribution is 2.28. The molecule has 23 heavy (non-hydrogen) atoms. The maximum atomic E-state index is 11.9. The van der Waals surface area contributed by atoms with E-state index in [4.69, 9.17) is 28.5 Å². The van der Waals surface area contributed by atoms with Gasteiger partial charge >= 0.3 is 6.03 Å². The molecule has 0 radical (unpaired) electrons. The number of fused-ring (bicyclic) bond motifs is 1. The average molecular weight is 365 g/mol. The Hall–Kier alpha value is -2.33. The number of aromatic nitrogens is 1. The van der Waals surface area contributed by atoms with E-state index in [1.54, 1.807) is 18.2 Å². The molecule has 2 aromatic rings. The van der Waals surface area contributed by atoms with Gasteiger partial charge in [-0.05, 0) is 24.3 Å². The predicted octanol–water partition coefficient (Wildman–Crippen LogP) is 4.79. The van der Waals surface area contributed by atoms with Gasteiger partial charge in [-0.3, -0.25) is 5.32 Å². The van der Waals surface area contributed by atoms with Crippen LogP contribution in [0, 0.1) is 11.3 Å². The molecular weight excluding hydrogens is 355 g/mol. The molecule has 0 saturated heterocycles. The number of hydrogen-bond donors (Lipinski definition) is 2. The van der Waals surface area contributed by atoms with Crippen molar-refractivity contribution in [1.82, 2.24) is 10.3 Å². The van der Waals surface area contributed by atoms with E-state index < -0.39 is 6.03 Å². The van der Waals surface area contributed by atoms with Crippen LogP contribution in [0.4, 0.5) is 9.93 Å². The Labute approximate surface area is 146 Å². The van der Waals surface area contributed by atoms with Crippen LogP contribution in [0.5, 0.6) is 0 Å². The van der Waals surface area contributed by atoms with Crippen molar-refractivity contribution in [2.45, 2.75) is 0 Å². The summed E-state index contributed by atoms with van der Waals surface area (Å²) in [6, 6.07) is 6.59. The van der Waals surface area contributed by atoms with Crippen molar-refractivity contribution in [3.63, 3.8) is 0 Å². The molecule has 1 heterocycles. The molecule has 1 aromatic carbocycles. The number of carbonyl (C=O) groups is 1. The van der Waals surface area contributed by atoms with E-state index in [0.717, 1.165) is 10.2 Å². The highest BCUT2D eigenvalue weighted by Gasteiger charge is 2.09. The number of nitrogens with one attached hydrogen (secondary N) is 2. The van der Waals surface area contributed by atoms with Gasteiger partial charge in [0.15, 0.2) is 5.13 Å². The molecule has 0 unspecified atom stereocenters. The molecule has 0 atom stereocenters. The van der Waals surface area contributed by atoms with Gasteiger partial charge in [0.05, 0.1) is 27.0 Å². The number of anilines is 1. The minimum Gasteiger partial charge on any atom is -0.307 e. The lowest BCUT2D eigenvalue weighted by Crippen LogP contribution is -2.27. The number of halogens is 2. The van der Waals surface area contributed by atoms with Gasteiger partial charge in [0.1, 0.15) is 0 Å². The van der Waals surface area contributed by atoms with Crippen LogP contribution >= 0.6 is 34.5 Å². The summed E-state index contributed by atoms with van der Waals surface area (Å²) in [5.41, 5.74) is 0.948. The zero-order valence-electron chi connectivity index (χ0n) is 11.6. The van der Waals surface area contributed by atoms with Gasteiger partial charge < -0.3 is 5.32 Å². The summed E-state index contributed by atoms with van der Waals surface area (Å²) in [6.45, 7) is 3.65. The van der Waals surface area contributed by atoms with E-state index in [1.165, 1.54) is 29.6 Å². The number of hydrogen-bond acceptors (Lipinski definition) is 4. The Morgan fingerprint density at radius 1 is 1.48 bits per heavy atom. The molecule has 0 saturated carbocycles. The second kappa shape index (κ2) is 7.79. The molecule has 1 aromatic heterocycles. The highest BCUT2D eigenvalue weighted by atomic mass is 35.5. The molecule has 116 valence electrons. The number of allylic oxidation sites excluding steroid dienone is 4. The number of rotatable bonds is 4. The predicted molar refractivity (Wildman–Crippen MR) is 94.6 cm³/mol. The van der Waals surface area contributed by atoms with Gasteiger partial charge in [-0.2, -0.15) is 5.26 Å². The third-order valence-electron chi connectivity index (χ3n) is 2.54. The Kier molecular flexibility index (Phi) is 5.77. The summed E-state index contributed by atoms with van der Waals surface area (Å²) in [7, 11) is 0. The zero-order valence-corrected chi connectivity index (χ0v) is 14.0. The van der Waals surface area contributed by atoms with Crippen molar-refractivity contribution in [2.24, 2.45) is 0 Å². The van der Waals surface area contributed by atoms with E-state index >= 15 is 0 Å². The van der Waals surface area contributed by atoms with Crippen molar-refractivity contribution >= 4 is 55.9 Å². The largest absolute Gasteiger partial charge is 0.325 e. The first-order chi connectivity index (χ1) is 11.0. The van der Waals surface area contributed by atoms with Gasteiger partial charge in [-0.1, -0.05) is 47.2 Å². The lowest BCUT2D eigenvalue weighted by atomic mass is 10.3. The Balaban J connectivity index is 2.01. The van der Waals surface area contributed by atoms with Crippen LogP contribution in [0.2, 0.25) is 5.02 Å². The molecule has 0 bridgehead atoms. The fourth-order valence-corrected chi connectivity index (χ4v) is 2.81. The lowest BCUT2D eigenvalue weighted by Gasteiger charge is -2.06. The fraction of sp³-hybridized carbons (Fsp3) is 0. The zero-order chi connectivity index (χ0) is 16.8. The number of urea groups is 1. The second-order valence-corrected chi connectivity index (χ2v) is 6.07. The Bertz CT molecular complexity index is 864. The van der Waals surface area contributed by atoms with Crippen LogP contribution in [-0.4, -0.2) is 11.0 Å². The smallest absolute Gasteiger partial charge is 0.307 e. The van der Waals surface area contributed by atoms with Gasteiger partial charge in [-0.15, -0.1) is 0 Å². The Morgan fingerprint density at radius 3 is 3.00 bits per heavy atom. The van der Waals surface area contributed by atoms with Crippen molar-refractivity contribution in [2.75, 3.05) is 5.32 Å². The van der Waals surface area contributed by atoms with Crippen LogP contribution in [0.15, 0.2) is 53.7 Å². The number of carbonyl (C=O) groups excluding carboxylic acids is 1.